The molecule has 0 bridgehead atoms. The Labute approximate surface area is 121 Å². The van der Waals surface area contributed by atoms with Gasteiger partial charge in [-0.25, -0.2) is 0 Å². The standard InChI is InChI=1S/C15H26ClNS/c1-5-10-17-12(8-9-15(2,3)4)11-13-6-7-14(16)18-13/h6-7,12,17H,5,8-11H2,1-4H3. The van der Waals surface area contributed by atoms with Crippen molar-refractivity contribution in [3.8, 4) is 0 Å². The van der Waals surface area contributed by atoms with Crippen LogP contribution in [0.25, 0.3) is 0 Å². The molecule has 0 aliphatic carbocycles. The van der Waals surface area contributed by atoms with Crippen molar-refractivity contribution in [2.45, 2.75) is 59.4 Å². The predicted octanol–water partition coefficient (Wildman–Crippen LogP) is 5.14. The van der Waals surface area contributed by atoms with Crippen molar-refractivity contribution < 1.29 is 0 Å². The van der Waals surface area contributed by atoms with Crippen LogP contribution in [0.4, 0.5) is 0 Å². The first kappa shape index (κ1) is 16.0. The largest absolute Gasteiger partial charge is 0.314 e. The topological polar surface area (TPSA) is 12.0 Å². The highest BCUT2D eigenvalue weighted by atomic mass is 35.5. The van der Waals surface area contributed by atoms with Gasteiger partial charge >= 0.3 is 0 Å². The monoisotopic (exact) mass is 287 g/mol. The molecule has 0 saturated heterocycles. The van der Waals surface area contributed by atoms with Crippen LogP contribution in [0, 0.1) is 5.41 Å². The molecule has 1 N–H and O–H groups in total. The summed E-state index contributed by atoms with van der Waals surface area (Å²) < 4.78 is 0.898. The van der Waals surface area contributed by atoms with E-state index in [1.165, 1.54) is 24.1 Å². The molecule has 104 valence electrons. The molecule has 1 rings (SSSR count). The number of hydrogen-bond donors (Lipinski definition) is 1. The third-order valence-electron chi connectivity index (χ3n) is 3.00. The minimum Gasteiger partial charge on any atom is -0.314 e. The van der Waals surface area contributed by atoms with Crippen LogP contribution in [0.15, 0.2) is 12.1 Å². The summed E-state index contributed by atoms with van der Waals surface area (Å²) >= 11 is 7.70. The molecule has 3 heteroatoms. The molecule has 1 aromatic heterocycles. The zero-order valence-electron chi connectivity index (χ0n) is 12.1. The maximum absolute atomic E-state index is 6.00. The van der Waals surface area contributed by atoms with Gasteiger partial charge in [-0.15, -0.1) is 11.3 Å². The summed E-state index contributed by atoms with van der Waals surface area (Å²) in [4.78, 5) is 1.39. The quantitative estimate of drug-likeness (QED) is 0.732. The lowest BCUT2D eigenvalue weighted by atomic mass is 9.88. The Morgan fingerprint density at radius 2 is 2.06 bits per heavy atom. The average molecular weight is 288 g/mol. The average Bonchev–Trinajstić information content (AvgIpc) is 2.67. The van der Waals surface area contributed by atoms with Crippen molar-refractivity contribution in [1.82, 2.24) is 5.32 Å². The fraction of sp³-hybridized carbons (Fsp3) is 0.733. The smallest absolute Gasteiger partial charge is 0.0931 e. The number of halogens is 1. The Bertz CT molecular complexity index is 341. The normalized spacial score (nSPS) is 13.8. The molecule has 1 atom stereocenters. The second kappa shape index (κ2) is 7.52. The Balaban J connectivity index is 2.49. The molecule has 0 fully saturated rings. The Morgan fingerprint density at radius 1 is 1.33 bits per heavy atom. The van der Waals surface area contributed by atoms with Crippen LogP contribution < -0.4 is 5.32 Å². The minimum absolute atomic E-state index is 0.416. The van der Waals surface area contributed by atoms with Gasteiger partial charge in [0.25, 0.3) is 0 Å². The summed E-state index contributed by atoms with van der Waals surface area (Å²) in [5, 5.41) is 3.66. The molecular formula is C15H26ClNS. The molecule has 1 nitrogen and oxygen atoms in total. The molecule has 0 aliphatic heterocycles. The summed E-state index contributed by atoms with van der Waals surface area (Å²) in [5.74, 6) is 0. The van der Waals surface area contributed by atoms with Crippen LogP contribution in [-0.4, -0.2) is 12.6 Å². The van der Waals surface area contributed by atoms with E-state index in [2.05, 4.69) is 39.1 Å². The van der Waals surface area contributed by atoms with E-state index in [0.717, 1.165) is 17.3 Å². The van der Waals surface area contributed by atoms with E-state index in [1.807, 2.05) is 6.07 Å². The van der Waals surface area contributed by atoms with Crippen LogP contribution in [0.3, 0.4) is 0 Å². The van der Waals surface area contributed by atoms with Gasteiger partial charge in [0, 0.05) is 10.9 Å². The van der Waals surface area contributed by atoms with E-state index in [-0.39, 0.29) is 0 Å². The van der Waals surface area contributed by atoms with Gasteiger partial charge in [-0.3, -0.25) is 0 Å². The molecule has 0 aliphatic rings. The summed E-state index contributed by atoms with van der Waals surface area (Å²) in [6.07, 6.45) is 4.79. The third-order valence-corrected chi connectivity index (χ3v) is 4.26. The second-order valence-corrected chi connectivity index (χ2v) is 7.96. The SMILES string of the molecule is CCCNC(CCC(C)(C)C)Cc1ccc(Cl)s1. The minimum atomic E-state index is 0.416. The molecule has 1 unspecified atom stereocenters. The molecule has 0 radical (unpaired) electrons. The Kier molecular flexibility index (Phi) is 6.68. The van der Waals surface area contributed by atoms with Gasteiger partial charge < -0.3 is 5.32 Å². The van der Waals surface area contributed by atoms with E-state index in [9.17, 15) is 0 Å². The lowest BCUT2D eigenvalue weighted by Crippen LogP contribution is -2.32. The van der Waals surface area contributed by atoms with E-state index < -0.39 is 0 Å². The highest BCUT2D eigenvalue weighted by molar-refractivity contribution is 7.16. The van der Waals surface area contributed by atoms with Crippen molar-refractivity contribution in [3.63, 3.8) is 0 Å². The van der Waals surface area contributed by atoms with Gasteiger partial charge in [0.15, 0.2) is 0 Å². The van der Waals surface area contributed by atoms with Crippen molar-refractivity contribution in [3.05, 3.63) is 21.3 Å². The number of hydrogen-bond acceptors (Lipinski definition) is 2. The lowest BCUT2D eigenvalue weighted by molar-refractivity contribution is 0.329. The second-order valence-electron chi connectivity index (χ2n) is 6.16. The van der Waals surface area contributed by atoms with Gasteiger partial charge in [-0.2, -0.15) is 0 Å². The van der Waals surface area contributed by atoms with Crippen LogP contribution in [0.5, 0.6) is 0 Å². The van der Waals surface area contributed by atoms with Gasteiger partial charge in [0.05, 0.1) is 4.34 Å². The fourth-order valence-corrected chi connectivity index (χ4v) is 3.10. The number of thiophene rings is 1. The highest BCUT2D eigenvalue weighted by Gasteiger charge is 2.16. The van der Waals surface area contributed by atoms with E-state index >= 15 is 0 Å². The summed E-state index contributed by atoms with van der Waals surface area (Å²) in [7, 11) is 0. The predicted molar refractivity (Wildman–Crippen MR) is 83.8 cm³/mol. The van der Waals surface area contributed by atoms with Crippen LogP contribution in [0.2, 0.25) is 4.34 Å². The van der Waals surface area contributed by atoms with E-state index in [0.29, 0.717) is 11.5 Å². The van der Waals surface area contributed by atoms with Crippen molar-refractivity contribution >= 4 is 22.9 Å². The van der Waals surface area contributed by atoms with Crippen molar-refractivity contribution in [2.24, 2.45) is 5.41 Å². The lowest BCUT2D eigenvalue weighted by Gasteiger charge is -2.23. The molecule has 0 amide bonds. The zero-order chi connectivity index (χ0) is 13.6. The Hall–Kier alpha value is -0.0500. The van der Waals surface area contributed by atoms with Crippen LogP contribution in [0.1, 0.15) is 51.8 Å². The third kappa shape index (κ3) is 6.77. The van der Waals surface area contributed by atoms with Gasteiger partial charge in [-0.05, 0) is 49.8 Å². The molecule has 18 heavy (non-hydrogen) atoms. The van der Waals surface area contributed by atoms with E-state index in [4.69, 9.17) is 11.6 Å². The molecule has 1 heterocycles. The summed E-state index contributed by atoms with van der Waals surface area (Å²) in [6, 6.07) is 4.74. The fourth-order valence-electron chi connectivity index (χ4n) is 1.94. The zero-order valence-corrected chi connectivity index (χ0v) is 13.6. The van der Waals surface area contributed by atoms with Gasteiger partial charge in [-0.1, -0.05) is 39.3 Å². The molecule has 0 aromatic carbocycles. The maximum atomic E-state index is 6.00. The summed E-state index contributed by atoms with van der Waals surface area (Å²) in [6.45, 7) is 10.3. The van der Waals surface area contributed by atoms with Gasteiger partial charge in [0.2, 0.25) is 0 Å². The van der Waals surface area contributed by atoms with Crippen molar-refractivity contribution in [1.29, 1.82) is 0 Å². The first-order valence-corrected chi connectivity index (χ1v) is 8.08. The van der Waals surface area contributed by atoms with E-state index in [1.54, 1.807) is 11.3 Å². The number of nitrogens with one attached hydrogen (secondary N) is 1. The molecule has 0 saturated carbocycles. The first-order valence-electron chi connectivity index (χ1n) is 6.88. The summed E-state index contributed by atoms with van der Waals surface area (Å²) in [5.41, 5.74) is 0.416. The first-order chi connectivity index (χ1) is 8.40. The molecular weight excluding hydrogens is 262 g/mol. The highest BCUT2D eigenvalue weighted by Crippen LogP contribution is 2.26. The Morgan fingerprint density at radius 3 is 2.56 bits per heavy atom. The van der Waals surface area contributed by atoms with Crippen LogP contribution >= 0.6 is 22.9 Å². The molecule has 1 aromatic rings. The van der Waals surface area contributed by atoms with Gasteiger partial charge in [0.1, 0.15) is 0 Å². The maximum Gasteiger partial charge on any atom is 0.0931 e. The van der Waals surface area contributed by atoms with Crippen molar-refractivity contribution in [2.75, 3.05) is 6.54 Å². The molecule has 0 spiro atoms. The van der Waals surface area contributed by atoms with Crippen LogP contribution in [-0.2, 0) is 6.42 Å². The number of rotatable bonds is 7.